The molecule has 2 N–H and O–H groups in total. The smallest absolute Gasteiger partial charge is 0.0431 e. The maximum absolute atomic E-state index is 8.83. The lowest BCUT2D eigenvalue weighted by molar-refractivity contribution is 0.225. The fourth-order valence-electron chi connectivity index (χ4n) is 2.37. The van der Waals surface area contributed by atoms with E-state index in [9.17, 15) is 0 Å². The first kappa shape index (κ1) is 13.0. The highest BCUT2D eigenvalue weighted by Gasteiger charge is 2.20. The van der Waals surface area contributed by atoms with E-state index in [1.54, 1.807) is 0 Å². The van der Waals surface area contributed by atoms with Crippen LogP contribution in [0.25, 0.3) is 0 Å². The summed E-state index contributed by atoms with van der Waals surface area (Å²) in [6, 6.07) is 0.757. The summed E-state index contributed by atoms with van der Waals surface area (Å²) in [7, 11) is 0. The van der Waals surface area contributed by atoms with Crippen molar-refractivity contribution in [1.29, 1.82) is 0 Å². The van der Waals surface area contributed by atoms with E-state index in [2.05, 4.69) is 19.2 Å². The molecule has 1 rings (SSSR count). The van der Waals surface area contributed by atoms with Gasteiger partial charge in [0.25, 0.3) is 0 Å². The third-order valence-electron chi connectivity index (χ3n) is 3.49. The maximum atomic E-state index is 8.83. The van der Waals surface area contributed by atoms with Crippen LogP contribution < -0.4 is 5.32 Å². The van der Waals surface area contributed by atoms with E-state index < -0.39 is 0 Å². The van der Waals surface area contributed by atoms with Crippen molar-refractivity contribution >= 4 is 0 Å². The third-order valence-corrected chi connectivity index (χ3v) is 3.49. The molecule has 0 radical (unpaired) electrons. The molecule has 1 aliphatic carbocycles. The van der Waals surface area contributed by atoms with Crippen molar-refractivity contribution < 1.29 is 5.11 Å². The fraction of sp³-hybridized carbons (Fsp3) is 1.00. The summed E-state index contributed by atoms with van der Waals surface area (Å²) in [5.74, 6) is 0. The molecule has 0 atom stereocenters. The van der Waals surface area contributed by atoms with Crippen molar-refractivity contribution in [3.63, 3.8) is 0 Å². The molecular formula is C13H27NO. The Morgan fingerprint density at radius 3 is 2.47 bits per heavy atom. The van der Waals surface area contributed by atoms with Crippen LogP contribution in [0.5, 0.6) is 0 Å². The van der Waals surface area contributed by atoms with Crippen LogP contribution >= 0.6 is 0 Å². The van der Waals surface area contributed by atoms with Gasteiger partial charge >= 0.3 is 0 Å². The molecule has 1 fully saturated rings. The van der Waals surface area contributed by atoms with Crippen molar-refractivity contribution in [3.05, 3.63) is 0 Å². The summed E-state index contributed by atoms with van der Waals surface area (Å²) in [5.41, 5.74) is 0.334. The molecule has 0 spiro atoms. The minimum atomic E-state index is 0.326. The molecule has 2 nitrogen and oxygen atoms in total. The van der Waals surface area contributed by atoms with Crippen molar-refractivity contribution in [3.8, 4) is 0 Å². The van der Waals surface area contributed by atoms with Crippen LogP contribution in [-0.4, -0.2) is 24.3 Å². The Labute approximate surface area is 94.5 Å². The quantitative estimate of drug-likeness (QED) is 0.711. The first-order valence-electron chi connectivity index (χ1n) is 6.48. The van der Waals surface area contributed by atoms with E-state index in [4.69, 9.17) is 5.11 Å². The van der Waals surface area contributed by atoms with Gasteiger partial charge in [0, 0.05) is 19.2 Å². The molecule has 2 heteroatoms. The highest BCUT2D eigenvalue weighted by Crippen LogP contribution is 2.23. The molecule has 0 unspecified atom stereocenters. The fourth-order valence-corrected chi connectivity index (χ4v) is 2.37. The van der Waals surface area contributed by atoms with Gasteiger partial charge in [-0.3, -0.25) is 0 Å². The van der Waals surface area contributed by atoms with Crippen LogP contribution in [0, 0.1) is 5.41 Å². The number of hydrogen-bond acceptors (Lipinski definition) is 2. The molecule has 0 saturated heterocycles. The lowest BCUT2D eigenvalue weighted by Gasteiger charge is -2.30. The topological polar surface area (TPSA) is 32.3 Å². The number of nitrogens with one attached hydrogen (secondary N) is 1. The van der Waals surface area contributed by atoms with Gasteiger partial charge in [-0.15, -0.1) is 0 Å². The Kier molecular flexibility index (Phi) is 5.62. The Hall–Kier alpha value is -0.0800. The van der Waals surface area contributed by atoms with Crippen molar-refractivity contribution in [2.45, 2.75) is 64.8 Å². The van der Waals surface area contributed by atoms with Gasteiger partial charge in [-0.05, 0) is 31.1 Å². The number of hydrogen-bond donors (Lipinski definition) is 2. The minimum Gasteiger partial charge on any atom is -0.396 e. The molecule has 0 heterocycles. The monoisotopic (exact) mass is 213 g/mol. The Morgan fingerprint density at radius 2 is 1.87 bits per heavy atom. The third kappa shape index (κ3) is 5.53. The Balaban J connectivity index is 2.15. The highest BCUT2D eigenvalue weighted by molar-refractivity contribution is 4.77. The lowest BCUT2D eigenvalue weighted by Crippen LogP contribution is -2.38. The second-order valence-electron chi connectivity index (χ2n) is 5.71. The van der Waals surface area contributed by atoms with Gasteiger partial charge in [0.2, 0.25) is 0 Å². The first-order valence-corrected chi connectivity index (χ1v) is 6.48. The van der Waals surface area contributed by atoms with Crippen LogP contribution in [0.2, 0.25) is 0 Å². The van der Waals surface area contributed by atoms with Crippen LogP contribution in [-0.2, 0) is 0 Å². The number of aliphatic hydroxyl groups excluding tert-OH is 1. The van der Waals surface area contributed by atoms with E-state index in [-0.39, 0.29) is 0 Å². The van der Waals surface area contributed by atoms with Gasteiger partial charge in [0.05, 0.1) is 0 Å². The average Bonchev–Trinajstić information content (AvgIpc) is 2.25. The summed E-state index contributed by atoms with van der Waals surface area (Å²) >= 11 is 0. The summed E-state index contributed by atoms with van der Waals surface area (Å²) in [4.78, 5) is 0. The van der Waals surface area contributed by atoms with Crippen molar-refractivity contribution in [2.24, 2.45) is 5.41 Å². The largest absolute Gasteiger partial charge is 0.396 e. The summed E-state index contributed by atoms with van der Waals surface area (Å²) in [6.07, 6.45) is 8.98. The zero-order valence-electron chi connectivity index (χ0n) is 10.4. The van der Waals surface area contributed by atoms with Gasteiger partial charge in [0.15, 0.2) is 0 Å². The molecule has 0 bridgehead atoms. The van der Waals surface area contributed by atoms with Gasteiger partial charge in [-0.1, -0.05) is 33.1 Å². The van der Waals surface area contributed by atoms with Crippen LogP contribution in [0.4, 0.5) is 0 Å². The Bertz CT molecular complexity index is 162. The molecule has 1 saturated carbocycles. The van der Waals surface area contributed by atoms with Gasteiger partial charge < -0.3 is 10.4 Å². The van der Waals surface area contributed by atoms with E-state index in [1.807, 2.05) is 0 Å². The molecule has 15 heavy (non-hydrogen) atoms. The summed E-state index contributed by atoms with van der Waals surface area (Å²) < 4.78 is 0. The second kappa shape index (κ2) is 6.49. The van der Waals surface area contributed by atoms with Crippen molar-refractivity contribution in [1.82, 2.24) is 5.32 Å². The van der Waals surface area contributed by atoms with Crippen molar-refractivity contribution in [2.75, 3.05) is 13.2 Å². The number of rotatable bonds is 6. The predicted molar refractivity (Wildman–Crippen MR) is 65.0 cm³/mol. The predicted octanol–water partition coefficient (Wildman–Crippen LogP) is 2.71. The second-order valence-corrected chi connectivity index (χ2v) is 5.71. The van der Waals surface area contributed by atoms with Gasteiger partial charge in [-0.2, -0.15) is 0 Å². The SMILES string of the molecule is CC(C)(CCCO)CNC1CCCCC1. The lowest BCUT2D eigenvalue weighted by atomic mass is 9.86. The maximum Gasteiger partial charge on any atom is 0.0431 e. The zero-order chi connectivity index (χ0) is 11.1. The van der Waals surface area contributed by atoms with Crippen LogP contribution in [0.15, 0.2) is 0 Å². The zero-order valence-corrected chi connectivity index (χ0v) is 10.4. The molecule has 0 aliphatic heterocycles. The van der Waals surface area contributed by atoms with E-state index in [0.717, 1.165) is 25.4 Å². The normalized spacial score (nSPS) is 19.4. The Morgan fingerprint density at radius 1 is 1.20 bits per heavy atom. The standard InChI is InChI=1S/C13H27NO/c1-13(2,9-6-10-15)11-14-12-7-4-3-5-8-12/h12,14-15H,3-11H2,1-2H3. The molecule has 0 amide bonds. The summed E-state index contributed by atoms with van der Waals surface area (Å²) in [6.45, 7) is 6.00. The van der Waals surface area contributed by atoms with Gasteiger partial charge in [-0.25, -0.2) is 0 Å². The first-order chi connectivity index (χ1) is 7.14. The van der Waals surface area contributed by atoms with Crippen LogP contribution in [0.1, 0.15) is 58.8 Å². The van der Waals surface area contributed by atoms with Crippen LogP contribution in [0.3, 0.4) is 0 Å². The molecule has 1 aliphatic rings. The number of aliphatic hydroxyl groups is 1. The highest BCUT2D eigenvalue weighted by atomic mass is 16.2. The minimum absolute atomic E-state index is 0.326. The molecular weight excluding hydrogens is 186 g/mol. The average molecular weight is 213 g/mol. The summed E-state index contributed by atoms with van der Waals surface area (Å²) in [5, 5.41) is 12.5. The molecule has 90 valence electrons. The molecule has 0 aromatic carbocycles. The van der Waals surface area contributed by atoms with E-state index in [1.165, 1.54) is 32.1 Å². The molecule has 0 aromatic heterocycles. The molecule has 0 aromatic rings. The van der Waals surface area contributed by atoms with E-state index >= 15 is 0 Å². The van der Waals surface area contributed by atoms with Gasteiger partial charge in [0.1, 0.15) is 0 Å². The van der Waals surface area contributed by atoms with E-state index in [0.29, 0.717) is 12.0 Å².